The first kappa shape index (κ1) is 39.6. The minimum atomic E-state index is 0. The molecule has 0 aliphatic carbocycles. The molecule has 0 aliphatic rings. The number of halogens is 2. The molecular formula is CH8Br2O2. The fourth-order valence-corrected chi connectivity index (χ4v) is 0. The topological polar surface area (TPSA) is 51.7 Å². The van der Waals surface area contributed by atoms with E-state index in [0.717, 1.165) is 0 Å². The normalized spacial score (nSPS) is 1.20. The maximum absolute atomic E-state index is 6.81. The second kappa shape index (κ2) is 94.9. The van der Waals surface area contributed by atoms with E-state index in [0.29, 0.717) is 0 Å². The number of hydrogen-bond acceptors (Lipinski definition) is 1. The maximum Gasteiger partial charge on any atom is 1.00 e. The van der Waals surface area contributed by atoms with Crippen LogP contribution in [0.1, 0.15) is 8.85 Å². The third-order valence-corrected chi connectivity index (χ3v) is 0. The highest BCUT2D eigenvalue weighted by Crippen LogP contribution is 1.43. The van der Waals surface area contributed by atoms with Gasteiger partial charge in [-0.1, -0.05) is 7.43 Å². The third kappa shape index (κ3) is 52.3. The minimum Gasteiger partial charge on any atom is -1.00 e. The van der Waals surface area contributed by atoms with E-state index in [2.05, 4.69) is 0 Å². The molecule has 0 aromatic heterocycles. The van der Waals surface area contributed by atoms with Crippen LogP contribution >= 0.6 is 16.3 Å². The molecule has 0 aliphatic heterocycles. The van der Waals surface area contributed by atoms with Gasteiger partial charge < -0.3 is 26.7 Å². The summed E-state index contributed by atoms with van der Waals surface area (Å²) in [6.45, 7) is 0. The van der Waals surface area contributed by atoms with E-state index in [4.69, 9.17) is 4.20 Å². The van der Waals surface area contributed by atoms with Gasteiger partial charge in [0, 0.05) is 0 Å². The van der Waals surface area contributed by atoms with Crippen LogP contribution in [0.3, 0.4) is 0 Å². The lowest BCUT2D eigenvalue weighted by Gasteiger charge is -1.14. The molecule has 0 heterocycles. The molecule has 0 bridgehead atoms. The number of rotatable bonds is 0. The van der Waals surface area contributed by atoms with E-state index in [9.17, 15) is 0 Å². The highest BCUT2D eigenvalue weighted by atomic mass is 79.9. The Morgan fingerprint density at radius 3 is 1.40 bits per heavy atom. The van der Waals surface area contributed by atoms with Gasteiger partial charge in [-0.3, -0.25) is 0 Å². The molecule has 0 unspecified atom stereocenters. The quantitative estimate of drug-likeness (QED) is 0.463. The SMILES string of the molecule is C.O.OBr.[Br-].[H+]. The molecule has 0 rings (SSSR count). The Kier molecular flexibility index (Phi) is 752. The summed E-state index contributed by atoms with van der Waals surface area (Å²) in [5.41, 5.74) is 0. The van der Waals surface area contributed by atoms with Gasteiger partial charge in [0.25, 0.3) is 0 Å². The van der Waals surface area contributed by atoms with Gasteiger partial charge in [-0.25, -0.2) is 0 Å². The van der Waals surface area contributed by atoms with Gasteiger partial charge >= 0.3 is 1.43 Å². The first-order valence-corrected chi connectivity index (χ1v) is 0.878. The van der Waals surface area contributed by atoms with E-state index in [1.807, 2.05) is 16.3 Å². The van der Waals surface area contributed by atoms with Crippen LogP contribution in [0.2, 0.25) is 0 Å². The van der Waals surface area contributed by atoms with Crippen molar-refractivity contribution in [2.24, 2.45) is 0 Å². The first-order valence-electron chi connectivity index (χ1n) is 0.169. The first-order chi connectivity index (χ1) is 1.00. The molecule has 4 heteroatoms. The summed E-state index contributed by atoms with van der Waals surface area (Å²) in [4.78, 5) is 0. The maximum atomic E-state index is 6.81. The molecule has 0 amide bonds. The molecule has 0 radical (unpaired) electrons. The zero-order valence-corrected chi connectivity index (χ0v) is 4.88. The van der Waals surface area contributed by atoms with Crippen LogP contribution in [0.4, 0.5) is 0 Å². The van der Waals surface area contributed by atoms with Gasteiger partial charge in [-0.15, -0.1) is 0 Å². The summed E-state index contributed by atoms with van der Waals surface area (Å²) in [5, 5.41) is 0. The van der Waals surface area contributed by atoms with Crippen molar-refractivity contribution in [2.45, 2.75) is 7.43 Å². The molecule has 0 aromatic rings. The zero-order chi connectivity index (χ0) is 2.00. The fourth-order valence-electron chi connectivity index (χ4n) is 0. The predicted molar refractivity (Wildman–Crippen MR) is 22.6 cm³/mol. The minimum absolute atomic E-state index is 0. The monoisotopic (exact) mass is 210 g/mol. The van der Waals surface area contributed by atoms with Crippen molar-refractivity contribution in [3.8, 4) is 0 Å². The van der Waals surface area contributed by atoms with E-state index in [-0.39, 0.29) is 31.3 Å². The third-order valence-electron chi connectivity index (χ3n) is 0. The Balaban J connectivity index is -0.000000000833. The molecule has 5 heavy (non-hydrogen) atoms. The molecular weight excluding hydrogens is 204 g/mol. The molecule has 0 atom stereocenters. The lowest BCUT2D eigenvalue weighted by Crippen LogP contribution is -3.00. The Labute approximate surface area is 52.2 Å². The molecule has 3 N–H and O–H groups in total. The Bertz CT molecular complexity index is 11.5. The Hall–Kier alpha value is 0.880. The molecule has 0 fully saturated rings. The van der Waals surface area contributed by atoms with Crippen LogP contribution in [0.15, 0.2) is 0 Å². The van der Waals surface area contributed by atoms with Crippen LogP contribution in [0.25, 0.3) is 0 Å². The van der Waals surface area contributed by atoms with Crippen molar-refractivity contribution in [1.29, 1.82) is 0 Å². The largest absolute Gasteiger partial charge is 1.00 e. The highest BCUT2D eigenvalue weighted by Gasteiger charge is 0.908. The smallest absolute Gasteiger partial charge is 1.00 e. The molecule has 0 spiro atoms. The van der Waals surface area contributed by atoms with Crippen molar-refractivity contribution < 1.29 is 28.1 Å². The van der Waals surface area contributed by atoms with E-state index in [1.165, 1.54) is 0 Å². The summed E-state index contributed by atoms with van der Waals surface area (Å²) in [6.07, 6.45) is 0. The Morgan fingerprint density at radius 2 is 1.40 bits per heavy atom. The second-order valence-corrected chi connectivity index (χ2v) is 0. The number of hydrogen-bond donors (Lipinski definition) is 1. The van der Waals surface area contributed by atoms with Crippen molar-refractivity contribution in [2.75, 3.05) is 0 Å². The van der Waals surface area contributed by atoms with E-state index < -0.39 is 0 Å². The van der Waals surface area contributed by atoms with Crippen LogP contribution < -0.4 is 17.0 Å². The summed E-state index contributed by atoms with van der Waals surface area (Å²) >= 11 is 1.94. The van der Waals surface area contributed by atoms with Gasteiger partial charge in [0.15, 0.2) is 0 Å². The molecule has 38 valence electrons. The van der Waals surface area contributed by atoms with Crippen molar-refractivity contribution in [1.82, 2.24) is 0 Å². The summed E-state index contributed by atoms with van der Waals surface area (Å²) in [7, 11) is 0. The Morgan fingerprint density at radius 1 is 1.40 bits per heavy atom. The van der Waals surface area contributed by atoms with Crippen LogP contribution in [-0.4, -0.2) is 9.67 Å². The van der Waals surface area contributed by atoms with E-state index >= 15 is 0 Å². The van der Waals surface area contributed by atoms with Gasteiger partial charge in [-0.05, 0) is 0 Å². The van der Waals surface area contributed by atoms with Crippen LogP contribution in [0, 0.1) is 0 Å². The van der Waals surface area contributed by atoms with Crippen LogP contribution in [0.5, 0.6) is 0 Å². The highest BCUT2D eigenvalue weighted by molar-refractivity contribution is 9.05. The van der Waals surface area contributed by atoms with Gasteiger partial charge in [-0.2, -0.15) is 0 Å². The van der Waals surface area contributed by atoms with Crippen molar-refractivity contribution in [3.63, 3.8) is 0 Å². The summed E-state index contributed by atoms with van der Waals surface area (Å²) in [6, 6.07) is 0. The average molecular weight is 212 g/mol. The lowest BCUT2D eigenvalue weighted by molar-refractivity contribution is -0.00000283. The summed E-state index contributed by atoms with van der Waals surface area (Å²) in [5.74, 6) is 0. The lowest BCUT2D eigenvalue weighted by atomic mass is 12.0. The van der Waals surface area contributed by atoms with Gasteiger partial charge in [0.2, 0.25) is 0 Å². The van der Waals surface area contributed by atoms with E-state index in [1.54, 1.807) is 0 Å². The molecule has 0 aromatic carbocycles. The fraction of sp³-hybridized carbons (Fsp3) is 1.00. The standard InChI is InChI=1S/CH4.BrHO.BrH.H2O/c;1-2;;/h1H4;2H;1H;1H2. The zero-order valence-electron chi connectivity index (χ0n) is 2.70. The van der Waals surface area contributed by atoms with Gasteiger partial charge in [0.05, 0.1) is 16.3 Å². The van der Waals surface area contributed by atoms with Crippen molar-refractivity contribution in [3.05, 3.63) is 0 Å². The predicted octanol–water partition coefficient (Wildman–Crippen LogP) is -2.78. The summed E-state index contributed by atoms with van der Waals surface area (Å²) < 4.78 is 6.81. The molecule has 0 saturated heterocycles. The molecule has 0 saturated carbocycles. The second-order valence-electron chi connectivity index (χ2n) is 0. The van der Waals surface area contributed by atoms with Gasteiger partial charge in [0.1, 0.15) is 0 Å². The molecule has 2 nitrogen and oxygen atoms in total. The van der Waals surface area contributed by atoms with Crippen molar-refractivity contribution >= 4 is 16.3 Å². The average Bonchev–Trinajstić information content (AvgIpc) is 1.00. The van der Waals surface area contributed by atoms with Crippen LogP contribution in [-0.2, 0) is 0 Å².